The lowest BCUT2D eigenvalue weighted by molar-refractivity contribution is -0.197. The lowest BCUT2D eigenvalue weighted by Crippen LogP contribution is -2.39. The smallest absolute Gasteiger partial charge is 0.326 e. The maximum absolute atomic E-state index is 13.4. The highest BCUT2D eigenvalue weighted by atomic mass is 79.9. The van der Waals surface area contributed by atoms with Crippen molar-refractivity contribution < 1.29 is 22.4 Å². The van der Waals surface area contributed by atoms with Crippen molar-refractivity contribution >= 4 is 27.5 Å². The summed E-state index contributed by atoms with van der Waals surface area (Å²) < 4.78 is 52.5. The monoisotopic (exact) mass is 367 g/mol. The van der Waals surface area contributed by atoms with Gasteiger partial charge in [-0.25, -0.2) is 4.39 Å². The summed E-state index contributed by atoms with van der Waals surface area (Å²) >= 11 is 2.97. The van der Waals surface area contributed by atoms with Crippen molar-refractivity contribution in [3.63, 3.8) is 0 Å². The Morgan fingerprint density at radius 1 is 1.24 bits per heavy atom. The second kappa shape index (κ2) is 6.34. The third kappa shape index (κ3) is 3.96. The molecule has 1 amide bonds. The Morgan fingerprint density at radius 3 is 2.52 bits per heavy atom. The molecule has 116 valence electrons. The molecule has 2 nitrogen and oxygen atoms in total. The number of rotatable bonds is 2. The third-order valence-electron chi connectivity index (χ3n) is 3.71. The number of benzene rings is 1. The van der Waals surface area contributed by atoms with Crippen molar-refractivity contribution in [1.29, 1.82) is 0 Å². The van der Waals surface area contributed by atoms with Crippen LogP contribution in [0, 0.1) is 17.7 Å². The molecule has 1 aromatic rings. The molecule has 2 unspecified atom stereocenters. The lowest BCUT2D eigenvalue weighted by Gasteiger charge is -2.32. The van der Waals surface area contributed by atoms with E-state index in [1.54, 1.807) is 0 Å². The van der Waals surface area contributed by atoms with Crippen molar-refractivity contribution in [2.75, 3.05) is 5.32 Å². The van der Waals surface area contributed by atoms with Gasteiger partial charge in [0.1, 0.15) is 5.82 Å². The maximum Gasteiger partial charge on any atom is 0.392 e. The molecule has 0 heterocycles. The van der Waals surface area contributed by atoms with E-state index in [0.717, 1.165) is 6.07 Å². The Morgan fingerprint density at radius 2 is 1.90 bits per heavy atom. The van der Waals surface area contributed by atoms with Crippen molar-refractivity contribution in [2.24, 2.45) is 11.8 Å². The second-order valence-electron chi connectivity index (χ2n) is 5.16. The fourth-order valence-corrected chi connectivity index (χ4v) is 2.89. The largest absolute Gasteiger partial charge is 0.392 e. The van der Waals surface area contributed by atoms with Crippen LogP contribution >= 0.6 is 15.9 Å². The Balaban J connectivity index is 2.12. The van der Waals surface area contributed by atoms with Crippen LogP contribution in [-0.2, 0) is 4.79 Å². The molecule has 1 saturated carbocycles. The number of carbonyl (C=O) groups is 1. The molecule has 0 spiro atoms. The number of alkyl halides is 3. The third-order valence-corrected chi connectivity index (χ3v) is 4.35. The van der Waals surface area contributed by atoms with Crippen LogP contribution in [-0.4, -0.2) is 12.1 Å². The summed E-state index contributed by atoms with van der Waals surface area (Å²) in [5.41, 5.74) is 0.159. The first-order chi connectivity index (χ1) is 9.79. The quantitative estimate of drug-likeness (QED) is 0.740. The topological polar surface area (TPSA) is 29.1 Å². The van der Waals surface area contributed by atoms with E-state index in [2.05, 4.69) is 21.2 Å². The number of halogens is 5. The van der Waals surface area contributed by atoms with E-state index in [-0.39, 0.29) is 23.0 Å². The van der Waals surface area contributed by atoms with Gasteiger partial charge < -0.3 is 5.32 Å². The van der Waals surface area contributed by atoms with Gasteiger partial charge in [-0.05, 0) is 47.0 Å². The molecule has 1 aliphatic carbocycles. The zero-order valence-electron chi connectivity index (χ0n) is 11.0. The van der Waals surface area contributed by atoms with Crippen LogP contribution in [0.5, 0.6) is 0 Å². The van der Waals surface area contributed by atoms with Gasteiger partial charge in [-0.1, -0.05) is 12.8 Å². The molecule has 2 rings (SSSR count). The lowest BCUT2D eigenvalue weighted by atomic mass is 9.78. The van der Waals surface area contributed by atoms with E-state index in [9.17, 15) is 22.4 Å². The van der Waals surface area contributed by atoms with Gasteiger partial charge in [0.15, 0.2) is 0 Å². The first-order valence-electron chi connectivity index (χ1n) is 6.61. The number of nitrogens with one attached hydrogen (secondary N) is 1. The normalized spacial score (nSPS) is 22.9. The summed E-state index contributed by atoms with van der Waals surface area (Å²) in [5, 5.41) is 2.38. The highest BCUT2D eigenvalue weighted by Gasteiger charge is 2.48. The molecule has 0 aromatic heterocycles. The van der Waals surface area contributed by atoms with Gasteiger partial charge in [-0.3, -0.25) is 4.79 Å². The number of carbonyl (C=O) groups excluding carboxylic acids is 1. The van der Waals surface area contributed by atoms with Gasteiger partial charge in [-0.2, -0.15) is 13.2 Å². The molecule has 1 aliphatic rings. The SMILES string of the molecule is O=C(Nc1ccc(Br)c(F)c1)C1CCCCC1C(F)(F)F. The van der Waals surface area contributed by atoms with Crippen LogP contribution in [0.3, 0.4) is 0 Å². The molecule has 1 aromatic carbocycles. The maximum atomic E-state index is 13.4. The van der Waals surface area contributed by atoms with E-state index in [4.69, 9.17) is 0 Å². The van der Waals surface area contributed by atoms with Crippen LogP contribution in [0.4, 0.5) is 23.2 Å². The molecular formula is C14H14BrF4NO. The van der Waals surface area contributed by atoms with Gasteiger partial charge in [0.2, 0.25) is 5.91 Å². The average Bonchev–Trinajstić information content (AvgIpc) is 2.42. The molecule has 0 saturated heterocycles. The van der Waals surface area contributed by atoms with E-state index < -0.39 is 29.7 Å². The number of anilines is 1. The fourth-order valence-electron chi connectivity index (χ4n) is 2.65. The summed E-state index contributed by atoms with van der Waals surface area (Å²) in [6, 6.07) is 3.91. The van der Waals surface area contributed by atoms with Crippen molar-refractivity contribution in [3.8, 4) is 0 Å². The van der Waals surface area contributed by atoms with E-state index >= 15 is 0 Å². The summed E-state index contributed by atoms with van der Waals surface area (Å²) in [6.07, 6.45) is -3.14. The molecule has 1 N–H and O–H groups in total. The summed E-state index contributed by atoms with van der Waals surface area (Å²) in [5.74, 6) is -4.00. The minimum atomic E-state index is -4.38. The van der Waals surface area contributed by atoms with Crippen molar-refractivity contribution in [2.45, 2.75) is 31.9 Å². The van der Waals surface area contributed by atoms with Crippen molar-refractivity contribution in [3.05, 3.63) is 28.5 Å². The number of hydrogen-bond donors (Lipinski definition) is 1. The van der Waals surface area contributed by atoms with Crippen LogP contribution in [0.15, 0.2) is 22.7 Å². The predicted octanol–water partition coefficient (Wildman–Crippen LogP) is 4.90. The molecule has 7 heteroatoms. The van der Waals surface area contributed by atoms with Crippen LogP contribution < -0.4 is 5.32 Å². The zero-order valence-corrected chi connectivity index (χ0v) is 12.6. The average molecular weight is 368 g/mol. The van der Waals surface area contributed by atoms with Crippen molar-refractivity contribution in [1.82, 2.24) is 0 Å². The van der Waals surface area contributed by atoms with Crippen LogP contribution in [0.25, 0.3) is 0 Å². The van der Waals surface area contributed by atoms with Crippen LogP contribution in [0.2, 0.25) is 0 Å². The Kier molecular flexibility index (Phi) is 4.91. The van der Waals surface area contributed by atoms with E-state index in [1.165, 1.54) is 12.1 Å². The minimum Gasteiger partial charge on any atom is -0.326 e. The van der Waals surface area contributed by atoms with Gasteiger partial charge >= 0.3 is 6.18 Å². The zero-order chi connectivity index (χ0) is 15.6. The van der Waals surface area contributed by atoms with Gasteiger partial charge in [0.25, 0.3) is 0 Å². The van der Waals surface area contributed by atoms with E-state index in [0.29, 0.717) is 12.8 Å². The Labute approximate surface area is 128 Å². The molecule has 0 radical (unpaired) electrons. The van der Waals surface area contributed by atoms with E-state index in [1.807, 2.05) is 0 Å². The molecule has 0 aliphatic heterocycles. The Hall–Kier alpha value is -1.11. The summed E-state index contributed by atoms with van der Waals surface area (Å²) in [7, 11) is 0. The highest BCUT2D eigenvalue weighted by Crippen LogP contribution is 2.41. The van der Waals surface area contributed by atoms with Gasteiger partial charge in [-0.15, -0.1) is 0 Å². The Bertz CT molecular complexity index is 532. The minimum absolute atomic E-state index is 0.0315. The molecule has 21 heavy (non-hydrogen) atoms. The highest BCUT2D eigenvalue weighted by molar-refractivity contribution is 9.10. The first-order valence-corrected chi connectivity index (χ1v) is 7.41. The van der Waals surface area contributed by atoms with Crippen LogP contribution in [0.1, 0.15) is 25.7 Å². The summed E-state index contributed by atoms with van der Waals surface area (Å²) in [4.78, 5) is 12.1. The summed E-state index contributed by atoms with van der Waals surface area (Å²) in [6.45, 7) is 0. The second-order valence-corrected chi connectivity index (χ2v) is 6.01. The number of hydrogen-bond acceptors (Lipinski definition) is 1. The molecule has 0 bridgehead atoms. The number of amides is 1. The van der Waals surface area contributed by atoms with Gasteiger partial charge in [0.05, 0.1) is 10.4 Å². The first kappa shape index (κ1) is 16.3. The van der Waals surface area contributed by atoms with Gasteiger partial charge in [0, 0.05) is 11.6 Å². The predicted molar refractivity (Wildman–Crippen MR) is 74.2 cm³/mol. The molecular weight excluding hydrogens is 354 g/mol. The standard InChI is InChI=1S/C14H14BrF4NO/c15-11-6-5-8(7-12(11)16)20-13(21)9-3-1-2-4-10(9)14(17,18)19/h5-7,9-10H,1-4H2,(H,20,21). The fraction of sp³-hybridized carbons (Fsp3) is 0.500. The molecule has 1 fully saturated rings. The molecule has 2 atom stereocenters.